The van der Waals surface area contributed by atoms with Crippen molar-refractivity contribution in [3.05, 3.63) is 35.9 Å². The van der Waals surface area contributed by atoms with Gasteiger partial charge in [0.25, 0.3) is 0 Å². The highest BCUT2D eigenvalue weighted by Gasteiger charge is 2.26. The molecule has 0 aliphatic carbocycles. The number of benzene rings is 1. The molecule has 0 radical (unpaired) electrons. The van der Waals surface area contributed by atoms with Gasteiger partial charge in [0, 0.05) is 12.2 Å². The van der Waals surface area contributed by atoms with E-state index < -0.39 is 12.8 Å². The molecule has 1 aliphatic rings. The van der Waals surface area contributed by atoms with E-state index in [0.29, 0.717) is 6.61 Å². The van der Waals surface area contributed by atoms with Crippen molar-refractivity contribution in [2.24, 2.45) is 0 Å². The SMILES string of the molecule is CCOC1OOC(c2ccccc2)OO1. The van der Waals surface area contributed by atoms with Gasteiger partial charge in [-0.25, -0.2) is 0 Å². The zero-order valence-electron chi connectivity index (χ0n) is 8.29. The summed E-state index contributed by atoms with van der Waals surface area (Å²) in [5, 5.41) is 0. The molecule has 0 bridgehead atoms. The zero-order valence-corrected chi connectivity index (χ0v) is 8.29. The van der Waals surface area contributed by atoms with Crippen molar-refractivity contribution in [1.82, 2.24) is 0 Å². The molecule has 2 rings (SSSR count). The fourth-order valence-corrected chi connectivity index (χ4v) is 1.14. The molecule has 1 aromatic carbocycles. The maximum atomic E-state index is 4.97. The normalized spacial score (nSPS) is 26.5. The van der Waals surface area contributed by atoms with Gasteiger partial charge in [-0.15, -0.1) is 0 Å². The lowest BCUT2D eigenvalue weighted by molar-refractivity contribution is -0.632. The zero-order chi connectivity index (χ0) is 10.5. The third-order valence-corrected chi connectivity index (χ3v) is 1.82. The molecule has 0 spiro atoms. The standard InChI is InChI=1S/C10H12O5/c1-2-11-10-14-12-9(13-15-10)8-6-4-3-5-7-8/h3-7,9-10H,2H2,1H3. The van der Waals surface area contributed by atoms with Gasteiger partial charge in [0.15, 0.2) is 0 Å². The second-order valence-corrected chi connectivity index (χ2v) is 2.87. The monoisotopic (exact) mass is 212 g/mol. The molecule has 1 heterocycles. The molecule has 0 unspecified atom stereocenters. The van der Waals surface area contributed by atoms with Gasteiger partial charge in [-0.05, 0) is 6.92 Å². The van der Waals surface area contributed by atoms with Gasteiger partial charge >= 0.3 is 6.48 Å². The molecule has 1 aromatic rings. The van der Waals surface area contributed by atoms with E-state index >= 15 is 0 Å². The molecule has 15 heavy (non-hydrogen) atoms. The molecule has 1 saturated heterocycles. The van der Waals surface area contributed by atoms with Gasteiger partial charge in [0.05, 0.1) is 0 Å². The Labute approximate surface area is 87.3 Å². The lowest BCUT2D eigenvalue weighted by Gasteiger charge is -2.26. The molecule has 0 saturated carbocycles. The van der Waals surface area contributed by atoms with Crippen molar-refractivity contribution in [3.63, 3.8) is 0 Å². The van der Waals surface area contributed by atoms with Crippen molar-refractivity contribution >= 4 is 0 Å². The second kappa shape index (κ2) is 5.20. The average molecular weight is 212 g/mol. The molecular weight excluding hydrogens is 200 g/mol. The van der Waals surface area contributed by atoms with E-state index in [1.807, 2.05) is 37.3 Å². The largest absolute Gasteiger partial charge is 0.329 e. The highest BCUT2D eigenvalue weighted by molar-refractivity contribution is 5.15. The van der Waals surface area contributed by atoms with Gasteiger partial charge in [0.2, 0.25) is 6.29 Å². The lowest BCUT2D eigenvalue weighted by atomic mass is 10.2. The van der Waals surface area contributed by atoms with Crippen LogP contribution in [-0.2, 0) is 24.3 Å². The minimum absolute atomic E-state index is 0.452. The van der Waals surface area contributed by atoms with Gasteiger partial charge < -0.3 is 4.74 Å². The van der Waals surface area contributed by atoms with Crippen molar-refractivity contribution < 1.29 is 24.3 Å². The third-order valence-electron chi connectivity index (χ3n) is 1.82. The summed E-state index contributed by atoms with van der Waals surface area (Å²) in [7, 11) is 0. The van der Waals surface area contributed by atoms with Gasteiger partial charge in [-0.1, -0.05) is 30.3 Å². The fourth-order valence-electron chi connectivity index (χ4n) is 1.14. The summed E-state index contributed by atoms with van der Waals surface area (Å²) in [6.07, 6.45) is -0.678. The summed E-state index contributed by atoms with van der Waals surface area (Å²) < 4.78 is 4.97. The Kier molecular flexibility index (Phi) is 3.65. The van der Waals surface area contributed by atoms with E-state index in [1.165, 1.54) is 0 Å². The summed E-state index contributed by atoms with van der Waals surface area (Å²) in [5.74, 6) is 0. The molecule has 0 N–H and O–H groups in total. The lowest BCUT2D eigenvalue weighted by Crippen LogP contribution is -2.29. The molecule has 1 fully saturated rings. The van der Waals surface area contributed by atoms with E-state index in [4.69, 9.17) is 24.3 Å². The Bertz CT molecular complexity index is 281. The van der Waals surface area contributed by atoms with Crippen LogP contribution in [0.25, 0.3) is 0 Å². The van der Waals surface area contributed by atoms with Crippen LogP contribution >= 0.6 is 0 Å². The number of rotatable bonds is 3. The number of hydrogen-bond acceptors (Lipinski definition) is 5. The highest BCUT2D eigenvalue weighted by Crippen LogP contribution is 2.24. The Balaban J connectivity index is 1.88. The van der Waals surface area contributed by atoms with E-state index in [0.717, 1.165) is 5.56 Å². The first-order chi connectivity index (χ1) is 7.40. The quantitative estimate of drug-likeness (QED) is 0.716. The molecular formula is C10H12O5. The van der Waals surface area contributed by atoms with Crippen LogP contribution in [0.15, 0.2) is 30.3 Å². The van der Waals surface area contributed by atoms with Crippen molar-refractivity contribution in [2.45, 2.75) is 19.7 Å². The first-order valence-electron chi connectivity index (χ1n) is 4.71. The Morgan fingerprint density at radius 3 is 2.33 bits per heavy atom. The number of hydrogen-bond donors (Lipinski definition) is 0. The molecule has 82 valence electrons. The van der Waals surface area contributed by atoms with E-state index in [2.05, 4.69) is 0 Å². The number of ether oxygens (including phenoxy) is 1. The van der Waals surface area contributed by atoms with Crippen LogP contribution in [0.2, 0.25) is 0 Å². The predicted molar refractivity (Wildman–Crippen MR) is 48.9 cm³/mol. The van der Waals surface area contributed by atoms with Crippen LogP contribution in [0.5, 0.6) is 0 Å². The van der Waals surface area contributed by atoms with Crippen LogP contribution in [0.4, 0.5) is 0 Å². The van der Waals surface area contributed by atoms with Crippen molar-refractivity contribution in [3.8, 4) is 0 Å². The fraction of sp³-hybridized carbons (Fsp3) is 0.400. The summed E-state index contributed by atoms with van der Waals surface area (Å²) in [6, 6.07) is 9.33. The molecule has 5 nitrogen and oxygen atoms in total. The van der Waals surface area contributed by atoms with Crippen LogP contribution in [0, 0.1) is 0 Å². The molecule has 1 aliphatic heterocycles. The molecule has 0 aromatic heterocycles. The maximum Gasteiger partial charge on any atom is 0.329 e. The summed E-state index contributed by atoms with van der Waals surface area (Å²) in [5.41, 5.74) is 0.812. The molecule has 0 amide bonds. The van der Waals surface area contributed by atoms with Gasteiger partial charge in [-0.3, -0.25) is 0 Å². The van der Waals surface area contributed by atoms with E-state index in [1.54, 1.807) is 0 Å². The average Bonchev–Trinajstić information content (AvgIpc) is 2.32. The summed E-state index contributed by atoms with van der Waals surface area (Å²) in [6.45, 7) is 1.35. The third kappa shape index (κ3) is 2.74. The van der Waals surface area contributed by atoms with Crippen LogP contribution in [0.1, 0.15) is 18.8 Å². The first kappa shape index (κ1) is 10.5. The summed E-state index contributed by atoms with van der Waals surface area (Å²) >= 11 is 0. The Morgan fingerprint density at radius 1 is 1.07 bits per heavy atom. The van der Waals surface area contributed by atoms with E-state index in [-0.39, 0.29) is 0 Å². The summed E-state index contributed by atoms with van der Waals surface area (Å²) in [4.78, 5) is 19.5. The molecule has 0 atom stereocenters. The van der Waals surface area contributed by atoms with Gasteiger partial charge in [-0.2, -0.15) is 19.6 Å². The first-order valence-corrected chi connectivity index (χ1v) is 4.71. The predicted octanol–water partition coefficient (Wildman–Crippen LogP) is 1.92. The van der Waals surface area contributed by atoms with Gasteiger partial charge in [0.1, 0.15) is 0 Å². The minimum Gasteiger partial charge on any atom is -0.327 e. The topological polar surface area (TPSA) is 46.2 Å². The van der Waals surface area contributed by atoms with Crippen LogP contribution in [0.3, 0.4) is 0 Å². The Morgan fingerprint density at radius 2 is 1.73 bits per heavy atom. The highest BCUT2D eigenvalue weighted by atomic mass is 17.4. The molecule has 5 heteroatoms. The Hall–Kier alpha value is -0.980. The smallest absolute Gasteiger partial charge is 0.327 e. The van der Waals surface area contributed by atoms with Crippen LogP contribution in [-0.4, -0.2) is 13.1 Å². The maximum absolute atomic E-state index is 4.97. The van der Waals surface area contributed by atoms with Crippen molar-refractivity contribution in [1.29, 1.82) is 0 Å². The minimum atomic E-state index is -0.921. The van der Waals surface area contributed by atoms with E-state index in [9.17, 15) is 0 Å². The second-order valence-electron chi connectivity index (χ2n) is 2.87. The van der Waals surface area contributed by atoms with Crippen molar-refractivity contribution in [2.75, 3.05) is 6.61 Å². The van der Waals surface area contributed by atoms with Crippen LogP contribution < -0.4 is 0 Å².